The largest absolute Gasteiger partial charge is 0.478 e. The average molecular weight is 404 g/mol. The monoisotopic (exact) mass is 404 g/mol. The molecule has 156 valence electrons. The van der Waals surface area contributed by atoms with Crippen LogP contribution in [0, 0.1) is 24.0 Å². The molecular weight excluding hydrogens is 380 g/mol. The van der Waals surface area contributed by atoms with Gasteiger partial charge in [-0.25, -0.2) is 4.79 Å². The molecule has 9 heteroatoms. The molecule has 0 bridgehead atoms. The van der Waals surface area contributed by atoms with Gasteiger partial charge in [0.05, 0.1) is 30.2 Å². The number of nitrogens with zero attached hydrogens (tertiary/aromatic N) is 2. The fraction of sp³-hybridized carbons (Fsp3) is 0.400. The highest BCUT2D eigenvalue weighted by Gasteiger charge is 2.22. The van der Waals surface area contributed by atoms with Crippen LogP contribution in [-0.4, -0.2) is 48.7 Å². The predicted octanol–water partition coefficient (Wildman–Crippen LogP) is 3.27. The molecular formula is C20H24N2O7. The second kappa shape index (κ2) is 9.33. The van der Waals surface area contributed by atoms with Crippen molar-refractivity contribution < 1.29 is 28.7 Å². The van der Waals surface area contributed by atoms with E-state index in [0.717, 1.165) is 17.5 Å². The Hall–Kier alpha value is -3.20. The van der Waals surface area contributed by atoms with E-state index in [1.165, 1.54) is 19.2 Å². The lowest BCUT2D eigenvalue weighted by atomic mass is 10.1. The van der Waals surface area contributed by atoms with Crippen molar-refractivity contribution in [3.8, 4) is 5.75 Å². The van der Waals surface area contributed by atoms with Crippen LogP contribution in [0.25, 0.3) is 0 Å². The van der Waals surface area contributed by atoms with Crippen LogP contribution in [0.4, 0.5) is 5.69 Å². The number of hydrogen-bond acceptors (Lipinski definition) is 7. The maximum absolute atomic E-state index is 12.7. The molecule has 9 nitrogen and oxygen atoms in total. The minimum absolute atomic E-state index is 0.0218. The lowest BCUT2D eigenvalue weighted by Crippen LogP contribution is -2.16. The van der Waals surface area contributed by atoms with Crippen molar-refractivity contribution >= 4 is 17.4 Å². The number of carbonyl (C=O) groups is 2. The number of methoxy groups -OCH3 is 2. The quantitative estimate of drug-likeness (QED) is 0.273. The maximum Gasteiger partial charge on any atom is 0.338 e. The number of Topliss-reactive ketones (excluding diaryl/α,β-unsaturated/α-hetero) is 1. The van der Waals surface area contributed by atoms with Gasteiger partial charge in [0.15, 0.2) is 12.4 Å². The molecule has 0 amide bonds. The van der Waals surface area contributed by atoms with Gasteiger partial charge in [-0.05, 0) is 39.0 Å². The van der Waals surface area contributed by atoms with Gasteiger partial charge in [0.25, 0.3) is 0 Å². The molecule has 2 aromatic rings. The number of benzene rings is 1. The Bertz CT molecular complexity index is 933. The molecule has 0 radical (unpaired) electrons. The van der Waals surface area contributed by atoms with Gasteiger partial charge >= 0.3 is 11.7 Å². The molecule has 0 aliphatic heterocycles. The molecule has 1 heterocycles. The third-order valence-corrected chi connectivity index (χ3v) is 4.57. The molecule has 1 aromatic carbocycles. The minimum atomic E-state index is -0.701. The summed E-state index contributed by atoms with van der Waals surface area (Å²) < 4.78 is 17.2. The summed E-state index contributed by atoms with van der Waals surface area (Å²) in [5.41, 5.74) is 1.77. The third kappa shape index (κ3) is 4.80. The van der Waals surface area contributed by atoms with Crippen LogP contribution in [0.2, 0.25) is 0 Å². The molecule has 0 spiro atoms. The Balaban J connectivity index is 2.22. The highest BCUT2D eigenvalue weighted by molar-refractivity contribution is 5.98. The van der Waals surface area contributed by atoms with Gasteiger partial charge in [-0.2, -0.15) is 0 Å². The van der Waals surface area contributed by atoms with Crippen LogP contribution in [0.15, 0.2) is 24.3 Å². The first-order chi connectivity index (χ1) is 13.7. The summed E-state index contributed by atoms with van der Waals surface area (Å²) in [7, 11) is 2.80. The second-order valence-corrected chi connectivity index (χ2v) is 6.60. The molecule has 0 saturated carbocycles. The van der Waals surface area contributed by atoms with Crippen LogP contribution < -0.4 is 4.74 Å². The van der Waals surface area contributed by atoms with Crippen LogP contribution in [0.3, 0.4) is 0 Å². The van der Waals surface area contributed by atoms with E-state index in [-0.39, 0.29) is 29.7 Å². The van der Waals surface area contributed by atoms with Gasteiger partial charge in [0.2, 0.25) is 5.78 Å². The number of nitro benzene ring substituents is 1. The number of carbonyl (C=O) groups excluding carboxylic acids is 2. The average Bonchev–Trinajstić information content (AvgIpc) is 2.99. The molecule has 0 aliphatic carbocycles. The smallest absolute Gasteiger partial charge is 0.338 e. The van der Waals surface area contributed by atoms with Gasteiger partial charge in [-0.1, -0.05) is 0 Å². The summed E-state index contributed by atoms with van der Waals surface area (Å²) in [6.45, 7) is 5.84. The summed E-state index contributed by atoms with van der Waals surface area (Å²) in [5.74, 6) is -1.11. The van der Waals surface area contributed by atoms with Crippen LogP contribution in [0.5, 0.6) is 5.75 Å². The third-order valence-electron chi connectivity index (χ3n) is 4.57. The Morgan fingerprint density at radius 2 is 1.90 bits per heavy atom. The highest BCUT2D eigenvalue weighted by Crippen LogP contribution is 2.29. The van der Waals surface area contributed by atoms with Gasteiger partial charge in [-0.15, -0.1) is 0 Å². The van der Waals surface area contributed by atoms with Crippen molar-refractivity contribution in [2.45, 2.75) is 26.8 Å². The SMILES string of the molecule is COCC(C)n1c(C)cc(C(=O)COc2ccc(C(=O)OC)cc2[N+](=O)[O-])c1C. The summed E-state index contributed by atoms with van der Waals surface area (Å²) in [4.78, 5) is 34.9. The van der Waals surface area contributed by atoms with Crippen molar-refractivity contribution in [1.82, 2.24) is 4.57 Å². The van der Waals surface area contributed by atoms with E-state index >= 15 is 0 Å². The number of nitro groups is 1. The zero-order valence-corrected chi connectivity index (χ0v) is 17.1. The molecule has 1 unspecified atom stereocenters. The molecule has 1 aromatic heterocycles. The summed E-state index contributed by atoms with van der Waals surface area (Å²) in [6.07, 6.45) is 0. The molecule has 29 heavy (non-hydrogen) atoms. The number of aryl methyl sites for hydroxylation is 1. The first-order valence-electron chi connectivity index (χ1n) is 8.91. The number of hydrogen-bond donors (Lipinski definition) is 0. The highest BCUT2D eigenvalue weighted by atomic mass is 16.6. The number of rotatable bonds is 9. The second-order valence-electron chi connectivity index (χ2n) is 6.60. The molecule has 0 saturated heterocycles. The zero-order valence-electron chi connectivity index (χ0n) is 17.1. The first kappa shape index (κ1) is 22.1. The summed E-state index contributed by atoms with van der Waals surface area (Å²) >= 11 is 0. The summed E-state index contributed by atoms with van der Waals surface area (Å²) in [6, 6.07) is 5.50. The topological polar surface area (TPSA) is 110 Å². The van der Waals surface area contributed by atoms with Gasteiger partial charge in [0, 0.05) is 30.1 Å². The van der Waals surface area contributed by atoms with Gasteiger partial charge < -0.3 is 18.8 Å². The Morgan fingerprint density at radius 1 is 1.21 bits per heavy atom. The van der Waals surface area contributed by atoms with Crippen molar-refractivity contribution in [1.29, 1.82) is 0 Å². The van der Waals surface area contributed by atoms with Crippen LogP contribution in [0.1, 0.15) is 45.1 Å². The molecule has 0 aliphatic rings. The fourth-order valence-electron chi connectivity index (χ4n) is 3.30. The van der Waals surface area contributed by atoms with E-state index in [0.29, 0.717) is 12.2 Å². The van der Waals surface area contributed by atoms with Crippen molar-refractivity contribution in [3.05, 3.63) is 56.9 Å². The molecule has 0 fully saturated rings. The Kier molecular flexibility index (Phi) is 7.11. The summed E-state index contributed by atoms with van der Waals surface area (Å²) in [5, 5.41) is 11.3. The normalized spacial score (nSPS) is 11.8. The van der Waals surface area contributed by atoms with E-state index in [1.807, 2.05) is 25.3 Å². The number of ether oxygens (including phenoxy) is 3. The van der Waals surface area contributed by atoms with Crippen molar-refractivity contribution in [2.75, 3.05) is 27.4 Å². The van der Waals surface area contributed by atoms with Crippen LogP contribution in [-0.2, 0) is 9.47 Å². The lowest BCUT2D eigenvalue weighted by molar-refractivity contribution is -0.385. The molecule has 2 rings (SSSR count). The van der Waals surface area contributed by atoms with Crippen molar-refractivity contribution in [2.24, 2.45) is 0 Å². The molecule has 1 atom stereocenters. The first-order valence-corrected chi connectivity index (χ1v) is 8.91. The number of esters is 1. The number of aromatic nitrogens is 1. The van der Waals surface area contributed by atoms with E-state index in [1.54, 1.807) is 13.2 Å². The van der Waals surface area contributed by atoms with Gasteiger partial charge in [0.1, 0.15) is 0 Å². The number of ketones is 1. The van der Waals surface area contributed by atoms with E-state index in [9.17, 15) is 19.7 Å². The van der Waals surface area contributed by atoms with Gasteiger partial charge in [-0.3, -0.25) is 14.9 Å². The van der Waals surface area contributed by atoms with Crippen molar-refractivity contribution in [3.63, 3.8) is 0 Å². The van der Waals surface area contributed by atoms with E-state index in [2.05, 4.69) is 4.74 Å². The maximum atomic E-state index is 12.7. The van der Waals surface area contributed by atoms with E-state index < -0.39 is 16.6 Å². The minimum Gasteiger partial charge on any atom is -0.478 e. The van der Waals surface area contributed by atoms with Crippen LogP contribution >= 0.6 is 0 Å². The fourth-order valence-corrected chi connectivity index (χ4v) is 3.30. The molecule has 0 N–H and O–H groups in total. The van der Waals surface area contributed by atoms with E-state index in [4.69, 9.17) is 9.47 Å². The Morgan fingerprint density at radius 3 is 2.48 bits per heavy atom. The predicted molar refractivity (Wildman–Crippen MR) is 105 cm³/mol. The Labute approximate surface area is 168 Å². The standard InChI is InChI=1S/C20H24N2O7/c1-12-8-16(14(3)21(12)13(2)10-27-4)18(23)11-29-19-7-6-15(20(24)28-5)9-17(19)22(25)26/h6-9,13H,10-11H2,1-5H3. The zero-order chi connectivity index (χ0) is 21.7. The lowest BCUT2D eigenvalue weighted by Gasteiger charge is -2.17.